The lowest BCUT2D eigenvalue weighted by Crippen LogP contribution is -2.29. The summed E-state index contributed by atoms with van der Waals surface area (Å²) in [5.74, 6) is -0.206. The number of hydrogen-bond acceptors (Lipinski definition) is 2. The van der Waals surface area contributed by atoms with Gasteiger partial charge >= 0.3 is 0 Å². The van der Waals surface area contributed by atoms with E-state index in [0.717, 1.165) is 12.0 Å². The summed E-state index contributed by atoms with van der Waals surface area (Å²) < 4.78 is 13.5. The van der Waals surface area contributed by atoms with Crippen LogP contribution in [0.15, 0.2) is 18.2 Å². The molecule has 0 aliphatic heterocycles. The van der Waals surface area contributed by atoms with Crippen LogP contribution in [0, 0.1) is 24.6 Å². The van der Waals surface area contributed by atoms with Gasteiger partial charge in [0, 0.05) is 18.9 Å². The number of hydrogen-bond donors (Lipinski definition) is 2. The fourth-order valence-electron chi connectivity index (χ4n) is 2.07. The molecule has 4 nitrogen and oxygen atoms in total. The zero-order chi connectivity index (χ0) is 14.7. The lowest BCUT2D eigenvalue weighted by atomic mass is 10.2. The van der Waals surface area contributed by atoms with Crippen molar-refractivity contribution in [3.05, 3.63) is 29.6 Å². The molecular formula is C15H19FN2O2. The molecular weight excluding hydrogens is 259 g/mol. The molecule has 1 aliphatic carbocycles. The second kappa shape index (κ2) is 6.03. The SMILES string of the molecule is Cc1ccc(F)c(NC(=O)CCNC(=O)C2CC2C)c1. The second-order valence-electron chi connectivity index (χ2n) is 5.39. The molecule has 1 saturated carbocycles. The minimum absolute atomic E-state index is 0.00651. The Kier molecular flexibility index (Phi) is 4.37. The van der Waals surface area contributed by atoms with Crippen molar-refractivity contribution in [2.75, 3.05) is 11.9 Å². The number of rotatable bonds is 5. The summed E-state index contributed by atoms with van der Waals surface area (Å²) in [5.41, 5.74) is 1.05. The standard InChI is InChI=1S/C15H19FN2O2/c1-9-3-4-12(16)13(7-9)18-14(19)5-6-17-15(20)11-8-10(11)2/h3-4,7,10-11H,5-6,8H2,1-2H3,(H,17,20)(H,18,19). The molecule has 0 radical (unpaired) electrons. The molecule has 0 aromatic heterocycles. The third-order valence-corrected chi connectivity index (χ3v) is 3.49. The van der Waals surface area contributed by atoms with Crippen LogP contribution in [0.2, 0.25) is 0 Å². The largest absolute Gasteiger partial charge is 0.355 e. The van der Waals surface area contributed by atoms with E-state index in [1.807, 2.05) is 13.8 Å². The van der Waals surface area contributed by atoms with Gasteiger partial charge in [-0.25, -0.2) is 4.39 Å². The normalized spacial score (nSPS) is 20.4. The van der Waals surface area contributed by atoms with Crippen LogP contribution in [0.1, 0.15) is 25.3 Å². The van der Waals surface area contributed by atoms with Crippen molar-refractivity contribution in [2.45, 2.75) is 26.7 Å². The van der Waals surface area contributed by atoms with Gasteiger partial charge in [-0.15, -0.1) is 0 Å². The van der Waals surface area contributed by atoms with Crippen molar-refractivity contribution in [1.29, 1.82) is 0 Å². The van der Waals surface area contributed by atoms with Gasteiger partial charge in [0.15, 0.2) is 0 Å². The van der Waals surface area contributed by atoms with Gasteiger partial charge in [0.05, 0.1) is 5.69 Å². The van der Waals surface area contributed by atoms with Crippen LogP contribution in [0.25, 0.3) is 0 Å². The van der Waals surface area contributed by atoms with E-state index in [2.05, 4.69) is 10.6 Å². The lowest BCUT2D eigenvalue weighted by Gasteiger charge is -2.08. The van der Waals surface area contributed by atoms with Gasteiger partial charge in [-0.05, 0) is 37.0 Å². The first-order valence-electron chi connectivity index (χ1n) is 6.81. The van der Waals surface area contributed by atoms with Gasteiger partial charge in [-0.2, -0.15) is 0 Å². The number of carbonyl (C=O) groups excluding carboxylic acids is 2. The number of anilines is 1. The highest BCUT2D eigenvalue weighted by molar-refractivity contribution is 5.91. The van der Waals surface area contributed by atoms with E-state index in [1.165, 1.54) is 6.07 Å². The van der Waals surface area contributed by atoms with Gasteiger partial charge in [0.2, 0.25) is 11.8 Å². The van der Waals surface area contributed by atoms with Crippen LogP contribution in [0.3, 0.4) is 0 Å². The molecule has 2 rings (SSSR count). The summed E-state index contributed by atoms with van der Waals surface area (Å²) in [4.78, 5) is 23.2. The molecule has 2 amide bonds. The zero-order valence-electron chi connectivity index (χ0n) is 11.7. The molecule has 108 valence electrons. The van der Waals surface area contributed by atoms with Crippen molar-refractivity contribution in [1.82, 2.24) is 5.32 Å². The first kappa shape index (κ1) is 14.5. The average Bonchev–Trinajstić information content (AvgIpc) is 3.11. The minimum atomic E-state index is -0.459. The maximum absolute atomic E-state index is 13.5. The molecule has 0 heterocycles. The van der Waals surface area contributed by atoms with Gasteiger partial charge in [-0.3, -0.25) is 9.59 Å². The molecule has 0 spiro atoms. The van der Waals surface area contributed by atoms with E-state index in [-0.39, 0.29) is 36.4 Å². The van der Waals surface area contributed by atoms with E-state index in [9.17, 15) is 14.0 Å². The predicted molar refractivity (Wildman–Crippen MR) is 74.7 cm³/mol. The molecule has 2 atom stereocenters. The number of aryl methyl sites for hydroxylation is 1. The van der Waals surface area contributed by atoms with Crippen LogP contribution < -0.4 is 10.6 Å². The molecule has 1 aliphatic rings. The van der Waals surface area contributed by atoms with Crippen molar-refractivity contribution >= 4 is 17.5 Å². The van der Waals surface area contributed by atoms with E-state index in [0.29, 0.717) is 5.92 Å². The summed E-state index contributed by atoms with van der Waals surface area (Å²) >= 11 is 0. The third kappa shape index (κ3) is 3.79. The van der Waals surface area contributed by atoms with Gasteiger partial charge in [0.25, 0.3) is 0 Å². The second-order valence-corrected chi connectivity index (χ2v) is 5.39. The van der Waals surface area contributed by atoms with Crippen LogP contribution in [0.5, 0.6) is 0 Å². The summed E-state index contributed by atoms with van der Waals surface area (Å²) in [5, 5.41) is 5.24. The maximum atomic E-state index is 13.5. The quantitative estimate of drug-likeness (QED) is 0.867. The monoisotopic (exact) mass is 278 g/mol. The fraction of sp³-hybridized carbons (Fsp3) is 0.467. The number of carbonyl (C=O) groups is 2. The molecule has 2 N–H and O–H groups in total. The Morgan fingerprint density at radius 1 is 1.40 bits per heavy atom. The minimum Gasteiger partial charge on any atom is -0.355 e. The van der Waals surface area contributed by atoms with Crippen molar-refractivity contribution in [3.63, 3.8) is 0 Å². The van der Waals surface area contributed by atoms with Crippen LogP contribution in [-0.2, 0) is 9.59 Å². The summed E-state index contributed by atoms with van der Waals surface area (Å²) in [6, 6.07) is 4.54. The molecule has 20 heavy (non-hydrogen) atoms. The first-order valence-corrected chi connectivity index (χ1v) is 6.81. The highest BCUT2D eigenvalue weighted by Crippen LogP contribution is 2.37. The number of nitrogens with one attached hydrogen (secondary N) is 2. The Morgan fingerprint density at radius 3 is 2.75 bits per heavy atom. The number of benzene rings is 1. The Labute approximate surface area is 117 Å². The smallest absolute Gasteiger partial charge is 0.226 e. The summed E-state index contributed by atoms with van der Waals surface area (Å²) in [6.45, 7) is 4.13. The average molecular weight is 278 g/mol. The Balaban J connectivity index is 1.75. The van der Waals surface area contributed by atoms with E-state index in [1.54, 1.807) is 12.1 Å². The van der Waals surface area contributed by atoms with Gasteiger partial charge in [-0.1, -0.05) is 13.0 Å². The molecule has 1 fully saturated rings. The summed E-state index contributed by atoms with van der Waals surface area (Å²) in [7, 11) is 0. The van der Waals surface area contributed by atoms with Crippen LogP contribution in [0.4, 0.5) is 10.1 Å². The topological polar surface area (TPSA) is 58.2 Å². The van der Waals surface area contributed by atoms with Gasteiger partial charge < -0.3 is 10.6 Å². The molecule has 5 heteroatoms. The molecule has 1 aromatic carbocycles. The number of halogens is 1. The Morgan fingerprint density at radius 2 is 2.10 bits per heavy atom. The van der Waals surface area contributed by atoms with E-state index in [4.69, 9.17) is 0 Å². The zero-order valence-corrected chi connectivity index (χ0v) is 11.7. The molecule has 0 saturated heterocycles. The third-order valence-electron chi connectivity index (χ3n) is 3.49. The first-order chi connectivity index (χ1) is 9.47. The predicted octanol–water partition coefficient (Wildman–Crippen LogP) is 2.23. The van der Waals surface area contributed by atoms with Crippen molar-refractivity contribution < 1.29 is 14.0 Å². The van der Waals surface area contributed by atoms with Gasteiger partial charge in [0.1, 0.15) is 5.82 Å². The van der Waals surface area contributed by atoms with Crippen LogP contribution >= 0.6 is 0 Å². The van der Waals surface area contributed by atoms with Crippen LogP contribution in [-0.4, -0.2) is 18.4 Å². The fourth-order valence-corrected chi connectivity index (χ4v) is 2.07. The highest BCUT2D eigenvalue weighted by Gasteiger charge is 2.38. The lowest BCUT2D eigenvalue weighted by molar-refractivity contribution is -0.122. The number of amides is 2. The van der Waals surface area contributed by atoms with E-state index >= 15 is 0 Å². The Hall–Kier alpha value is -1.91. The van der Waals surface area contributed by atoms with Crippen molar-refractivity contribution in [2.24, 2.45) is 11.8 Å². The molecule has 1 aromatic rings. The van der Waals surface area contributed by atoms with E-state index < -0.39 is 5.82 Å². The Bertz CT molecular complexity index is 531. The molecule has 2 unspecified atom stereocenters. The summed E-state index contributed by atoms with van der Waals surface area (Å²) in [6.07, 6.45) is 1.06. The highest BCUT2D eigenvalue weighted by atomic mass is 19.1. The maximum Gasteiger partial charge on any atom is 0.226 e. The van der Waals surface area contributed by atoms with Crippen molar-refractivity contribution in [3.8, 4) is 0 Å². The molecule has 0 bridgehead atoms.